The first-order valence-corrected chi connectivity index (χ1v) is 10.5. The number of nitrogens with zero attached hydrogens (tertiary/aromatic N) is 2. The van der Waals surface area contributed by atoms with Gasteiger partial charge in [-0.3, -0.25) is 0 Å². The predicted molar refractivity (Wildman–Crippen MR) is 112 cm³/mol. The van der Waals surface area contributed by atoms with Crippen LogP contribution in [0.1, 0.15) is 0 Å². The molecule has 1 atom stereocenters. The molecule has 2 aromatic carbocycles. The van der Waals surface area contributed by atoms with Gasteiger partial charge in [0.2, 0.25) is 0 Å². The van der Waals surface area contributed by atoms with Crippen LogP contribution in [-0.4, -0.2) is 33.5 Å². The number of aliphatic hydroxyl groups is 1. The highest BCUT2D eigenvalue weighted by atomic mass is 32.2. The fourth-order valence-corrected chi connectivity index (χ4v) is 4.19. The summed E-state index contributed by atoms with van der Waals surface area (Å²) in [5, 5.41) is 14.2. The van der Waals surface area contributed by atoms with Crippen LogP contribution >= 0.6 is 23.1 Å². The fraction of sp³-hybridized carbons (Fsp3) is 0.143. The lowest BCUT2D eigenvalue weighted by Crippen LogP contribution is -2.20. The van der Waals surface area contributed by atoms with Crippen molar-refractivity contribution in [1.29, 1.82) is 0 Å². The highest BCUT2D eigenvalue weighted by Gasteiger charge is 2.13. The third-order valence-electron chi connectivity index (χ3n) is 3.91. The summed E-state index contributed by atoms with van der Waals surface area (Å²) in [7, 11) is 0. The summed E-state index contributed by atoms with van der Waals surface area (Å²) in [6, 6.07) is 21.5. The second-order valence-electron chi connectivity index (χ2n) is 5.94. The summed E-state index contributed by atoms with van der Waals surface area (Å²) < 4.78 is 5.63. The van der Waals surface area contributed by atoms with Crippen molar-refractivity contribution in [3.8, 4) is 16.5 Å². The molecule has 0 saturated heterocycles. The van der Waals surface area contributed by atoms with Gasteiger partial charge in [-0.25, -0.2) is 9.97 Å². The number of thiophene rings is 1. The maximum atomic E-state index is 10.3. The number of fused-ring (bicyclic) bond motifs is 1. The molecule has 1 N–H and O–H groups in total. The van der Waals surface area contributed by atoms with E-state index in [2.05, 4.69) is 4.98 Å². The molecular weight excluding hydrogens is 376 g/mol. The number of ether oxygens (including phenoxy) is 1. The highest BCUT2D eigenvalue weighted by molar-refractivity contribution is 7.99. The highest BCUT2D eigenvalue weighted by Crippen LogP contribution is 2.30. The first-order chi connectivity index (χ1) is 13.3. The van der Waals surface area contributed by atoms with Gasteiger partial charge in [0.1, 0.15) is 17.4 Å². The van der Waals surface area contributed by atoms with Crippen molar-refractivity contribution in [2.45, 2.75) is 11.1 Å². The van der Waals surface area contributed by atoms with Crippen LogP contribution in [0, 0.1) is 0 Å². The Morgan fingerprint density at radius 2 is 1.78 bits per heavy atom. The van der Waals surface area contributed by atoms with Gasteiger partial charge in [-0.2, -0.15) is 0 Å². The molecule has 0 saturated carbocycles. The van der Waals surface area contributed by atoms with Crippen molar-refractivity contribution in [3.63, 3.8) is 0 Å². The number of benzene rings is 2. The van der Waals surface area contributed by atoms with Crippen molar-refractivity contribution in [2.75, 3.05) is 12.4 Å². The van der Waals surface area contributed by atoms with E-state index in [1.165, 1.54) is 11.8 Å². The van der Waals surface area contributed by atoms with E-state index in [1.54, 1.807) is 11.3 Å². The normalized spacial score (nSPS) is 12.2. The Balaban J connectivity index is 1.49. The van der Waals surface area contributed by atoms with Crippen LogP contribution in [0.2, 0.25) is 0 Å². The van der Waals surface area contributed by atoms with E-state index in [0.717, 1.165) is 32.4 Å². The third kappa shape index (κ3) is 4.47. The molecule has 0 fully saturated rings. The molecule has 0 aliphatic heterocycles. The van der Waals surface area contributed by atoms with E-state index in [-0.39, 0.29) is 6.61 Å². The van der Waals surface area contributed by atoms with Crippen molar-refractivity contribution in [3.05, 3.63) is 72.1 Å². The van der Waals surface area contributed by atoms with E-state index in [4.69, 9.17) is 9.72 Å². The summed E-state index contributed by atoms with van der Waals surface area (Å²) in [5.41, 5.74) is 0.911. The lowest BCUT2D eigenvalue weighted by molar-refractivity contribution is 0.126. The summed E-state index contributed by atoms with van der Waals surface area (Å²) in [6.07, 6.45) is -0.589. The molecule has 0 bridgehead atoms. The predicted octanol–water partition coefficient (Wildman–Crippen LogP) is 4.89. The van der Waals surface area contributed by atoms with Crippen LogP contribution in [0.3, 0.4) is 0 Å². The molecule has 0 unspecified atom stereocenters. The monoisotopic (exact) mass is 394 g/mol. The smallest absolute Gasteiger partial charge is 0.171 e. The van der Waals surface area contributed by atoms with Crippen molar-refractivity contribution < 1.29 is 9.84 Å². The zero-order chi connectivity index (χ0) is 18.5. The van der Waals surface area contributed by atoms with Crippen LogP contribution in [0.5, 0.6) is 5.75 Å². The van der Waals surface area contributed by atoms with Gasteiger partial charge in [-0.1, -0.05) is 42.5 Å². The van der Waals surface area contributed by atoms with Crippen LogP contribution in [0.25, 0.3) is 21.6 Å². The summed E-state index contributed by atoms with van der Waals surface area (Å²) >= 11 is 3.15. The van der Waals surface area contributed by atoms with Gasteiger partial charge >= 0.3 is 0 Å². The molecule has 136 valence electrons. The SMILES string of the molecule is O[C@@H](COc1ccccc1)CSc1nc(-c2cccs2)nc2ccccc12. The van der Waals surface area contributed by atoms with Crippen molar-refractivity contribution in [1.82, 2.24) is 9.97 Å². The van der Waals surface area contributed by atoms with E-state index in [9.17, 15) is 5.11 Å². The number of aromatic nitrogens is 2. The summed E-state index contributed by atoms with van der Waals surface area (Å²) in [6.45, 7) is 0.248. The van der Waals surface area contributed by atoms with Crippen LogP contribution in [-0.2, 0) is 0 Å². The summed E-state index contributed by atoms with van der Waals surface area (Å²) in [4.78, 5) is 10.5. The van der Waals surface area contributed by atoms with Gasteiger partial charge in [-0.15, -0.1) is 23.1 Å². The van der Waals surface area contributed by atoms with Gasteiger partial charge in [-0.05, 0) is 29.6 Å². The Hall–Kier alpha value is -2.41. The molecule has 0 aliphatic carbocycles. The Morgan fingerprint density at radius 1 is 0.963 bits per heavy atom. The zero-order valence-corrected chi connectivity index (χ0v) is 16.1. The van der Waals surface area contributed by atoms with E-state index >= 15 is 0 Å². The quantitative estimate of drug-likeness (QED) is 0.357. The minimum absolute atomic E-state index is 0.248. The van der Waals surface area contributed by atoms with E-state index in [1.807, 2.05) is 72.1 Å². The number of aliphatic hydroxyl groups excluding tert-OH is 1. The van der Waals surface area contributed by atoms with E-state index < -0.39 is 6.10 Å². The number of rotatable bonds is 7. The average molecular weight is 395 g/mol. The molecule has 4 aromatic rings. The van der Waals surface area contributed by atoms with Crippen LogP contribution in [0.4, 0.5) is 0 Å². The Labute approximate surface area is 165 Å². The molecule has 27 heavy (non-hydrogen) atoms. The molecule has 0 radical (unpaired) electrons. The lowest BCUT2D eigenvalue weighted by Gasteiger charge is -2.13. The summed E-state index contributed by atoms with van der Waals surface area (Å²) in [5.74, 6) is 1.98. The molecular formula is C21H18N2O2S2. The number of para-hydroxylation sites is 2. The lowest BCUT2D eigenvalue weighted by atomic mass is 10.2. The Bertz CT molecular complexity index is 1010. The number of hydrogen-bond acceptors (Lipinski definition) is 6. The second kappa shape index (κ2) is 8.52. The topological polar surface area (TPSA) is 55.2 Å². The fourth-order valence-electron chi connectivity index (χ4n) is 2.61. The van der Waals surface area contributed by atoms with Crippen LogP contribution in [0.15, 0.2) is 77.1 Å². The standard InChI is InChI=1S/C21H18N2O2S2/c24-15(13-25-16-7-2-1-3-8-16)14-27-21-17-9-4-5-10-18(17)22-20(23-21)19-11-6-12-26-19/h1-12,15,24H,13-14H2/t15-/m0/s1. The van der Waals surface area contributed by atoms with Gasteiger partial charge in [0.05, 0.1) is 16.5 Å². The number of hydrogen-bond donors (Lipinski definition) is 1. The molecule has 4 nitrogen and oxygen atoms in total. The molecule has 0 aliphatic rings. The number of thioether (sulfide) groups is 1. The van der Waals surface area contributed by atoms with Crippen molar-refractivity contribution in [2.24, 2.45) is 0 Å². The van der Waals surface area contributed by atoms with Gasteiger partial charge in [0, 0.05) is 11.1 Å². The zero-order valence-electron chi connectivity index (χ0n) is 14.5. The molecule has 4 rings (SSSR count). The van der Waals surface area contributed by atoms with Crippen molar-refractivity contribution >= 4 is 34.0 Å². The minimum atomic E-state index is -0.589. The van der Waals surface area contributed by atoms with Crippen LogP contribution < -0.4 is 4.74 Å². The van der Waals surface area contributed by atoms with E-state index in [0.29, 0.717) is 5.75 Å². The second-order valence-corrected chi connectivity index (χ2v) is 7.89. The van der Waals surface area contributed by atoms with Gasteiger partial charge in [0.15, 0.2) is 5.82 Å². The molecule has 6 heteroatoms. The molecule has 0 spiro atoms. The first kappa shape index (κ1) is 18.0. The Morgan fingerprint density at radius 3 is 2.59 bits per heavy atom. The van der Waals surface area contributed by atoms with Gasteiger partial charge in [0.25, 0.3) is 0 Å². The first-order valence-electron chi connectivity index (χ1n) is 8.59. The Kier molecular flexibility index (Phi) is 5.67. The molecule has 0 amide bonds. The maximum Gasteiger partial charge on any atom is 0.171 e. The largest absolute Gasteiger partial charge is 0.491 e. The minimum Gasteiger partial charge on any atom is -0.491 e. The molecule has 2 heterocycles. The van der Waals surface area contributed by atoms with Gasteiger partial charge < -0.3 is 9.84 Å². The maximum absolute atomic E-state index is 10.3. The molecule has 2 aromatic heterocycles. The third-order valence-corrected chi connectivity index (χ3v) is 5.91. The average Bonchev–Trinajstić information content (AvgIpc) is 3.26.